The van der Waals surface area contributed by atoms with Gasteiger partial charge in [-0.1, -0.05) is 66.2 Å². The zero-order chi connectivity index (χ0) is 32.1. The molecular weight excluding hydrogens is 578 g/mol. The Morgan fingerprint density at radius 2 is 1.65 bits per heavy atom. The van der Waals surface area contributed by atoms with Crippen LogP contribution in [-0.4, -0.2) is 45.3 Å². The second kappa shape index (κ2) is 11.3. The molecule has 3 N–H and O–H groups in total. The van der Waals surface area contributed by atoms with Gasteiger partial charge in [0.2, 0.25) is 0 Å². The summed E-state index contributed by atoms with van der Waals surface area (Å²) < 4.78 is 7.43. The van der Waals surface area contributed by atoms with E-state index in [2.05, 4.69) is 56.8 Å². The molecule has 1 aliphatic rings. The van der Waals surface area contributed by atoms with Gasteiger partial charge in [-0.2, -0.15) is 0 Å². The minimum atomic E-state index is -0.929. The number of fused-ring (bicyclic) bond motifs is 3. The van der Waals surface area contributed by atoms with Crippen LogP contribution in [0.2, 0.25) is 0 Å². The van der Waals surface area contributed by atoms with Crippen molar-refractivity contribution >= 4 is 39.5 Å². The number of carbonyl (C=O) groups excluding carboxylic acids is 3. The fourth-order valence-corrected chi connectivity index (χ4v) is 6.57. The fraction of sp³-hybridized carbons (Fsp3) is 0.162. The SMILES string of the molecule is COc1ccc2[nH]c(C(=O)NNC(=O)C(C)N3C(=O)c4ccccc4C3c3c(-c4ccc(C)cc4)n(C)c4ccccc34)cc2c1. The number of hydrazine groups is 1. The van der Waals surface area contributed by atoms with Crippen LogP contribution in [0.25, 0.3) is 33.1 Å². The van der Waals surface area contributed by atoms with Gasteiger partial charge in [0.05, 0.1) is 18.8 Å². The maximum absolute atomic E-state index is 14.1. The molecule has 0 radical (unpaired) electrons. The van der Waals surface area contributed by atoms with E-state index < -0.39 is 23.9 Å². The number of H-pyrrole nitrogens is 1. The summed E-state index contributed by atoms with van der Waals surface area (Å²) in [6.07, 6.45) is 0. The molecule has 0 spiro atoms. The molecule has 9 heteroatoms. The van der Waals surface area contributed by atoms with E-state index in [1.165, 1.54) is 0 Å². The zero-order valence-corrected chi connectivity index (χ0v) is 25.9. The highest BCUT2D eigenvalue weighted by Crippen LogP contribution is 2.47. The maximum Gasteiger partial charge on any atom is 0.286 e. The molecule has 6 aromatic rings. The minimum absolute atomic E-state index is 0.248. The highest BCUT2D eigenvalue weighted by Gasteiger charge is 2.44. The summed E-state index contributed by atoms with van der Waals surface area (Å²) in [5, 5.41) is 1.79. The van der Waals surface area contributed by atoms with Crippen molar-refractivity contribution in [3.8, 4) is 17.0 Å². The number of aromatic amines is 1. The molecule has 9 nitrogen and oxygen atoms in total. The van der Waals surface area contributed by atoms with E-state index in [0.29, 0.717) is 11.3 Å². The molecule has 230 valence electrons. The third-order valence-corrected chi connectivity index (χ3v) is 8.91. The van der Waals surface area contributed by atoms with E-state index in [-0.39, 0.29) is 11.6 Å². The van der Waals surface area contributed by atoms with Crippen molar-refractivity contribution in [3.63, 3.8) is 0 Å². The molecule has 7 rings (SSSR count). The van der Waals surface area contributed by atoms with Gasteiger partial charge < -0.3 is 19.2 Å². The Morgan fingerprint density at radius 1 is 0.913 bits per heavy atom. The summed E-state index contributed by atoms with van der Waals surface area (Å²) in [6.45, 7) is 3.73. The highest BCUT2D eigenvalue weighted by molar-refractivity contribution is 6.05. The summed E-state index contributed by atoms with van der Waals surface area (Å²) in [5.74, 6) is -0.613. The van der Waals surface area contributed by atoms with Gasteiger partial charge in [-0.05, 0) is 61.4 Å². The van der Waals surface area contributed by atoms with Gasteiger partial charge in [0.15, 0.2) is 0 Å². The average Bonchev–Trinajstić information content (AvgIpc) is 3.73. The molecule has 0 bridgehead atoms. The number of hydrogen-bond acceptors (Lipinski definition) is 4. The van der Waals surface area contributed by atoms with Crippen LogP contribution in [0.15, 0.2) is 97.1 Å². The molecule has 1 aliphatic heterocycles. The summed E-state index contributed by atoms with van der Waals surface area (Å²) in [6, 6.07) is 29.6. The first-order chi connectivity index (χ1) is 22.3. The van der Waals surface area contributed by atoms with E-state index in [9.17, 15) is 14.4 Å². The lowest BCUT2D eigenvalue weighted by molar-refractivity contribution is -0.126. The van der Waals surface area contributed by atoms with E-state index in [1.54, 1.807) is 37.1 Å². The van der Waals surface area contributed by atoms with Gasteiger partial charge in [0, 0.05) is 40.0 Å². The number of benzene rings is 4. The Kier molecular flexibility index (Phi) is 7.08. The normalized spacial score (nSPS) is 14.8. The average molecular weight is 612 g/mol. The van der Waals surface area contributed by atoms with Gasteiger partial charge in [-0.25, -0.2) is 0 Å². The Bertz CT molecular complexity index is 2160. The van der Waals surface area contributed by atoms with Crippen LogP contribution in [0.4, 0.5) is 0 Å². The lowest BCUT2D eigenvalue weighted by Gasteiger charge is -2.31. The Hall–Kier alpha value is -5.83. The van der Waals surface area contributed by atoms with Gasteiger partial charge >= 0.3 is 0 Å². The molecule has 0 saturated carbocycles. The van der Waals surface area contributed by atoms with Crippen LogP contribution in [-0.2, 0) is 11.8 Å². The molecule has 2 unspecified atom stereocenters. The van der Waals surface area contributed by atoms with Gasteiger partial charge in [0.1, 0.15) is 17.5 Å². The standard InChI is InChI=1S/C37H33N5O4/c1-21-13-15-23(16-14-21)33-32(28-11-7-8-12-31(28)41(33)3)34-26-9-5-6-10-27(26)37(45)42(34)22(2)35(43)39-40-36(44)30-20-24-19-25(46-4)17-18-29(24)38-30/h5-20,22,34,38H,1-4H3,(H,39,43)(H,40,44). The van der Waals surface area contributed by atoms with Gasteiger partial charge in [-0.15, -0.1) is 0 Å². The molecule has 3 heterocycles. The molecule has 2 aromatic heterocycles. The lowest BCUT2D eigenvalue weighted by Crippen LogP contribution is -2.52. The van der Waals surface area contributed by atoms with Crippen LogP contribution in [0.5, 0.6) is 5.75 Å². The number of carbonyl (C=O) groups is 3. The number of nitrogens with one attached hydrogen (secondary N) is 3. The molecule has 3 amide bonds. The second-order valence-electron chi connectivity index (χ2n) is 11.7. The number of nitrogens with zero attached hydrogens (tertiary/aromatic N) is 2. The van der Waals surface area contributed by atoms with E-state index in [0.717, 1.165) is 49.8 Å². The third kappa shape index (κ3) is 4.68. The molecule has 46 heavy (non-hydrogen) atoms. The van der Waals surface area contributed by atoms with E-state index in [4.69, 9.17) is 4.74 Å². The van der Waals surface area contributed by atoms with Crippen LogP contribution < -0.4 is 15.6 Å². The quantitative estimate of drug-likeness (QED) is 0.200. The van der Waals surface area contributed by atoms with Crippen molar-refractivity contribution in [1.82, 2.24) is 25.3 Å². The fourth-order valence-electron chi connectivity index (χ4n) is 6.57. The minimum Gasteiger partial charge on any atom is -0.497 e. The zero-order valence-electron chi connectivity index (χ0n) is 25.9. The Labute approximate surface area is 265 Å². The molecule has 0 saturated heterocycles. The summed E-state index contributed by atoms with van der Waals surface area (Å²) in [4.78, 5) is 45.5. The third-order valence-electron chi connectivity index (χ3n) is 8.91. The van der Waals surface area contributed by atoms with Gasteiger partial charge in [0.25, 0.3) is 17.7 Å². The predicted octanol–water partition coefficient (Wildman–Crippen LogP) is 6.04. The summed E-state index contributed by atoms with van der Waals surface area (Å²) in [5.41, 5.74) is 12.6. The number of amides is 3. The molecule has 4 aromatic carbocycles. The van der Waals surface area contributed by atoms with Crippen LogP contribution in [0.1, 0.15) is 50.5 Å². The Balaban J connectivity index is 1.25. The molecule has 0 fully saturated rings. The lowest BCUT2D eigenvalue weighted by atomic mass is 9.92. The van der Waals surface area contributed by atoms with Crippen molar-refractivity contribution in [2.45, 2.75) is 25.9 Å². The maximum atomic E-state index is 14.1. The van der Waals surface area contributed by atoms with Crippen molar-refractivity contribution in [2.75, 3.05) is 7.11 Å². The number of aromatic nitrogens is 2. The predicted molar refractivity (Wildman–Crippen MR) is 177 cm³/mol. The topological polar surface area (TPSA) is 108 Å². The van der Waals surface area contributed by atoms with E-state index >= 15 is 0 Å². The van der Waals surface area contributed by atoms with Crippen molar-refractivity contribution in [2.24, 2.45) is 7.05 Å². The second-order valence-corrected chi connectivity index (χ2v) is 11.7. The molecular formula is C37H33N5O4. The summed E-state index contributed by atoms with van der Waals surface area (Å²) in [7, 11) is 3.61. The number of rotatable bonds is 6. The van der Waals surface area contributed by atoms with Crippen LogP contribution in [0, 0.1) is 6.92 Å². The number of methoxy groups -OCH3 is 1. The highest BCUT2D eigenvalue weighted by atomic mass is 16.5. The number of ether oxygens (including phenoxy) is 1. The molecule has 2 atom stereocenters. The first-order valence-corrected chi connectivity index (χ1v) is 15.1. The van der Waals surface area contributed by atoms with Crippen molar-refractivity contribution in [3.05, 3.63) is 125 Å². The van der Waals surface area contributed by atoms with Crippen molar-refractivity contribution in [1.29, 1.82) is 0 Å². The van der Waals surface area contributed by atoms with Crippen LogP contribution >= 0.6 is 0 Å². The first kappa shape index (κ1) is 28.9. The number of hydrogen-bond donors (Lipinski definition) is 3. The van der Waals surface area contributed by atoms with Crippen molar-refractivity contribution < 1.29 is 19.1 Å². The van der Waals surface area contributed by atoms with E-state index in [1.807, 2.05) is 56.4 Å². The number of aryl methyl sites for hydroxylation is 2. The van der Waals surface area contributed by atoms with Gasteiger partial charge in [-0.3, -0.25) is 25.2 Å². The van der Waals surface area contributed by atoms with Crippen LogP contribution in [0.3, 0.4) is 0 Å². The largest absolute Gasteiger partial charge is 0.497 e. The Morgan fingerprint density at radius 3 is 2.43 bits per heavy atom. The first-order valence-electron chi connectivity index (χ1n) is 15.1. The number of para-hydroxylation sites is 1. The molecule has 0 aliphatic carbocycles. The summed E-state index contributed by atoms with van der Waals surface area (Å²) >= 11 is 0. The monoisotopic (exact) mass is 611 g/mol. The smallest absolute Gasteiger partial charge is 0.286 e.